The van der Waals surface area contributed by atoms with Gasteiger partial charge in [-0.05, 0) is 77.5 Å². The van der Waals surface area contributed by atoms with Crippen LogP contribution in [-0.2, 0) is 22.4 Å². The standard InChI is InChI=1S/C40H50F2N10O4/c1-38(2,3)56-37(54)50-17-13-39(14-18-50)12-16-49(24-40(39,41)42)23-25-20-44-34(45-21-25)27-7-6-8-30-26(27)11-15-51(30)33-19-29(43-4)35-46-22-31(52(35)48-33)36(53)47-28-9-10-32(28)55-5/h6-8,19-22,28,32,43H,9-18,23-24H2,1-5H3,(H,47,53)/t28-,32-/m1/s1. The van der Waals surface area contributed by atoms with Crippen molar-refractivity contribution in [3.63, 3.8) is 0 Å². The zero-order chi connectivity index (χ0) is 39.4. The topological polar surface area (TPSA) is 142 Å². The van der Waals surface area contributed by atoms with Crippen LogP contribution in [0.15, 0.2) is 42.9 Å². The number of hydrogen-bond acceptors (Lipinski definition) is 11. The molecule has 4 aromatic rings. The number of piperidine rings is 2. The van der Waals surface area contributed by atoms with Crippen molar-refractivity contribution < 1.29 is 27.8 Å². The molecule has 0 bridgehead atoms. The number of aromatic nitrogens is 5. The summed E-state index contributed by atoms with van der Waals surface area (Å²) in [6, 6.07) is 7.89. The highest BCUT2D eigenvalue weighted by Crippen LogP contribution is 2.51. The average Bonchev–Trinajstić information content (AvgIpc) is 3.80. The van der Waals surface area contributed by atoms with E-state index in [1.54, 1.807) is 60.8 Å². The molecular formula is C40H50F2N10O4. The first kappa shape index (κ1) is 37.9. The Morgan fingerprint density at radius 1 is 1.00 bits per heavy atom. The minimum atomic E-state index is -2.90. The molecule has 1 saturated carbocycles. The maximum absolute atomic E-state index is 15.9. The van der Waals surface area contributed by atoms with Gasteiger partial charge in [0.2, 0.25) is 0 Å². The zero-order valence-corrected chi connectivity index (χ0v) is 32.6. The van der Waals surface area contributed by atoms with Gasteiger partial charge < -0.3 is 29.9 Å². The van der Waals surface area contributed by atoms with Crippen molar-refractivity contribution >= 4 is 34.8 Å². The predicted molar refractivity (Wildman–Crippen MR) is 206 cm³/mol. The van der Waals surface area contributed by atoms with Gasteiger partial charge in [-0.1, -0.05) is 12.1 Å². The molecule has 3 fully saturated rings. The van der Waals surface area contributed by atoms with E-state index in [2.05, 4.69) is 20.5 Å². The van der Waals surface area contributed by atoms with E-state index in [-0.39, 0.29) is 50.5 Å². The summed E-state index contributed by atoms with van der Waals surface area (Å²) in [6.45, 7) is 7.10. The number of nitrogens with one attached hydrogen (secondary N) is 2. The fraction of sp³-hybridized carbons (Fsp3) is 0.550. The second kappa shape index (κ2) is 14.5. The van der Waals surface area contributed by atoms with Gasteiger partial charge in [-0.3, -0.25) is 9.69 Å². The first-order valence-corrected chi connectivity index (χ1v) is 19.5. The van der Waals surface area contributed by atoms with Gasteiger partial charge in [-0.25, -0.2) is 33.0 Å². The third kappa shape index (κ3) is 7.01. The Labute approximate surface area is 325 Å². The number of hydrogen-bond donors (Lipinski definition) is 2. The molecule has 1 spiro atoms. The molecule has 2 amide bonds. The number of ether oxygens (including phenoxy) is 2. The van der Waals surface area contributed by atoms with E-state index in [4.69, 9.17) is 24.5 Å². The Morgan fingerprint density at radius 2 is 1.75 bits per heavy atom. The van der Waals surface area contributed by atoms with Gasteiger partial charge in [-0.2, -0.15) is 0 Å². The van der Waals surface area contributed by atoms with Gasteiger partial charge in [0, 0.05) is 81.0 Å². The van der Waals surface area contributed by atoms with E-state index in [0.29, 0.717) is 49.0 Å². The number of carbonyl (C=O) groups is 2. The van der Waals surface area contributed by atoms with Crippen LogP contribution in [0.4, 0.5) is 30.8 Å². The van der Waals surface area contributed by atoms with E-state index >= 15 is 8.78 Å². The molecule has 2 N–H and O–H groups in total. The SMILES string of the molecule is CNc1cc(N2CCc3c(-c4ncc(CN5CCC6(CCN(C(=O)OC(C)(C)C)CC6)C(F)(F)C5)cn4)cccc32)nn2c(C(=O)N[C@@H]3CC[C@H]3OC)cnc12. The third-order valence-electron chi connectivity index (χ3n) is 11.9. The van der Waals surface area contributed by atoms with E-state index in [0.717, 1.165) is 47.3 Å². The molecule has 3 aliphatic heterocycles. The first-order chi connectivity index (χ1) is 26.8. The van der Waals surface area contributed by atoms with Gasteiger partial charge in [0.25, 0.3) is 11.8 Å². The van der Waals surface area contributed by atoms with Gasteiger partial charge >= 0.3 is 6.09 Å². The average molecular weight is 773 g/mol. The number of alkyl halides is 2. The number of halogens is 2. The fourth-order valence-electron chi connectivity index (χ4n) is 8.58. The van der Waals surface area contributed by atoms with E-state index in [1.165, 1.54) is 0 Å². The number of benzene rings is 1. The molecule has 1 aromatic carbocycles. The molecule has 0 radical (unpaired) electrons. The number of likely N-dealkylation sites (tertiary alicyclic amines) is 2. The van der Waals surface area contributed by atoms with E-state index in [9.17, 15) is 9.59 Å². The van der Waals surface area contributed by atoms with Crippen molar-refractivity contribution in [2.75, 3.05) is 57.1 Å². The summed E-state index contributed by atoms with van der Waals surface area (Å²) in [5.41, 5.74) is 3.58. The fourth-order valence-corrected chi connectivity index (χ4v) is 8.58. The maximum atomic E-state index is 15.9. The number of rotatable bonds is 8. The second-order valence-corrected chi connectivity index (χ2v) is 16.5. The molecule has 8 rings (SSSR count). The van der Waals surface area contributed by atoms with Crippen LogP contribution in [0.3, 0.4) is 0 Å². The van der Waals surface area contributed by atoms with Gasteiger partial charge in [0.1, 0.15) is 5.60 Å². The second-order valence-electron chi connectivity index (χ2n) is 16.5. The highest BCUT2D eigenvalue weighted by Gasteiger charge is 2.57. The van der Waals surface area contributed by atoms with E-state index < -0.39 is 23.0 Å². The number of methoxy groups -OCH3 is 1. The highest BCUT2D eigenvalue weighted by molar-refractivity contribution is 5.94. The van der Waals surface area contributed by atoms with Crippen LogP contribution in [0, 0.1) is 5.41 Å². The summed E-state index contributed by atoms with van der Waals surface area (Å²) in [6.07, 6.45) is 7.93. The molecule has 16 heteroatoms. The number of carbonyl (C=O) groups excluding carboxylic acids is 2. The Kier molecular flexibility index (Phi) is 9.84. The lowest BCUT2D eigenvalue weighted by molar-refractivity contribution is -0.187. The zero-order valence-electron chi connectivity index (χ0n) is 32.6. The van der Waals surface area contributed by atoms with Crippen molar-refractivity contribution in [2.24, 2.45) is 5.41 Å². The van der Waals surface area contributed by atoms with Crippen molar-refractivity contribution in [1.29, 1.82) is 0 Å². The molecule has 56 heavy (non-hydrogen) atoms. The lowest BCUT2D eigenvalue weighted by Gasteiger charge is -2.51. The van der Waals surface area contributed by atoms with Crippen LogP contribution in [0.5, 0.6) is 0 Å². The van der Waals surface area contributed by atoms with Crippen LogP contribution in [0.1, 0.15) is 74.5 Å². The Bertz CT molecular complexity index is 2110. The van der Waals surface area contributed by atoms with Crippen LogP contribution in [0.25, 0.3) is 17.0 Å². The molecule has 1 aliphatic carbocycles. The quantitative estimate of drug-likeness (QED) is 0.228. The number of nitrogens with zero attached hydrogens (tertiary/aromatic N) is 8. The number of fused-ring (bicyclic) bond motifs is 2. The summed E-state index contributed by atoms with van der Waals surface area (Å²) in [5, 5.41) is 11.2. The van der Waals surface area contributed by atoms with Crippen LogP contribution >= 0.6 is 0 Å². The minimum Gasteiger partial charge on any atom is -0.444 e. The van der Waals surface area contributed by atoms with Crippen molar-refractivity contribution in [3.8, 4) is 11.4 Å². The summed E-state index contributed by atoms with van der Waals surface area (Å²) >= 11 is 0. The smallest absolute Gasteiger partial charge is 0.410 e. The molecule has 2 atom stereocenters. The third-order valence-corrected chi connectivity index (χ3v) is 11.9. The molecule has 14 nitrogen and oxygen atoms in total. The lowest BCUT2D eigenvalue weighted by atomic mass is 9.68. The number of imidazole rings is 1. The Balaban J connectivity index is 0.945. The largest absolute Gasteiger partial charge is 0.444 e. The van der Waals surface area contributed by atoms with Gasteiger partial charge in [0.15, 0.2) is 23.0 Å². The Morgan fingerprint density at radius 3 is 2.41 bits per heavy atom. The van der Waals surface area contributed by atoms with Crippen molar-refractivity contribution in [3.05, 3.63) is 59.7 Å². The molecule has 3 aromatic heterocycles. The molecular weight excluding hydrogens is 723 g/mol. The number of anilines is 3. The van der Waals surface area contributed by atoms with Crippen molar-refractivity contribution in [2.45, 2.75) is 89.5 Å². The summed E-state index contributed by atoms with van der Waals surface area (Å²) < 4.78 is 44.3. The predicted octanol–water partition coefficient (Wildman–Crippen LogP) is 5.69. The molecule has 0 unspecified atom stereocenters. The molecule has 298 valence electrons. The van der Waals surface area contributed by atoms with Crippen LogP contribution in [-0.4, -0.2) is 117 Å². The van der Waals surface area contributed by atoms with Gasteiger partial charge in [-0.15, -0.1) is 5.10 Å². The molecule has 2 saturated heterocycles. The molecule has 6 heterocycles. The minimum absolute atomic E-state index is 0.00455. The Hall–Kier alpha value is -4.96. The summed E-state index contributed by atoms with van der Waals surface area (Å²) in [5.74, 6) is -1.93. The maximum Gasteiger partial charge on any atom is 0.410 e. The highest BCUT2D eigenvalue weighted by atomic mass is 19.3. The summed E-state index contributed by atoms with van der Waals surface area (Å²) in [7, 11) is 3.47. The van der Waals surface area contributed by atoms with Crippen LogP contribution in [0.2, 0.25) is 0 Å². The van der Waals surface area contributed by atoms with Crippen LogP contribution < -0.4 is 15.5 Å². The summed E-state index contributed by atoms with van der Waals surface area (Å²) in [4.78, 5) is 45.3. The lowest BCUT2D eigenvalue weighted by Crippen LogP contribution is -2.59. The molecule has 4 aliphatic rings. The first-order valence-electron chi connectivity index (χ1n) is 19.5. The number of amides is 2. The van der Waals surface area contributed by atoms with Gasteiger partial charge in [0.05, 0.1) is 30.6 Å². The normalized spacial score (nSPS) is 21.8. The van der Waals surface area contributed by atoms with E-state index in [1.807, 2.05) is 31.3 Å². The van der Waals surface area contributed by atoms with Crippen molar-refractivity contribution in [1.82, 2.24) is 39.7 Å². The monoisotopic (exact) mass is 772 g/mol.